The van der Waals surface area contributed by atoms with Crippen LogP contribution < -0.4 is 0 Å². The van der Waals surface area contributed by atoms with E-state index in [1.165, 1.54) is 45.8 Å². The summed E-state index contributed by atoms with van der Waals surface area (Å²) in [6.07, 6.45) is 3.55. The lowest BCUT2D eigenvalue weighted by Gasteiger charge is -2.34. The van der Waals surface area contributed by atoms with Crippen molar-refractivity contribution in [2.24, 2.45) is 0 Å². The molecule has 0 amide bonds. The number of unbranched alkanes of at least 4 members (excludes halogenated alkanes) is 1. The van der Waals surface area contributed by atoms with E-state index >= 15 is 0 Å². The summed E-state index contributed by atoms with van der Waals surface area (Å²) in [4.78, 5) is 0. The van der Waals surface area contributed by atoms with E-state index in [9.17, 15) is 0 Å². The number of hydrogen-bond acceptors (Lipinski definition) is 0. The van der Waals surface area contributed by atoms with Gasteiger partial charge in [-0.15, -0.1) is 0 Å². The first-order valence-electron chi connectivity index (χ1n) is 9.71. The fourth-order valence-electron chi connectivity index (χ4n) is 4.34. The highest BCUT2D eigenvalue weighted by atomic mass is 15.1. The number of aromatic nitrogens is 1. The van der Waals surface area contributed by atoms with E-state index in [0.717, 1.165) is 6.42 Å². The standard InChI is InChI=1S/C25H27N/c1-4-5-17-25(3,20-12-10-11-19(2)18-20)26-23-15-8-6-13-21(23)22-14-7-9-16-24(22)26/h6-16,18H,4-5,17H2,1-3H3. The molecule has 0 saturated heterocycles. The molecule has 0 N–H and O–H groups in total. The highest BCUT2D eigenvalue weighted by Gasteiger charge is 2.31. The van der Waals surface area contributed by atoms with Crippen LogP contribution in [0.1, 0.15) is 44.2 Å². The van der Waals surface area contributed by atoms with Crippen LogP contribution in [-0.2, 0) is 5.54 Å². The van der Waals surface area contributed by atoms with Crippen LogP contribution in [-0.4, -0.2) is 4.57 Å². The summed E-state index contributed by atoms with van der Waals surface area (Å²) in [5.74, 6) is 0. The summed E-state index contributed by atoms with van der Waals surface area (Å²) in [5, 5.41) is 2.69. The Bertz CT molecular complexity index is 1000. The second-order valence-corrected chi connectivity index (χ2v) is 7.62. The van der Waals surface area contributed by atoms with Gasteiger partial charge in [0.05, 0.1) is 5.54 Å². The molecular weight excluding hydrogens is 314 g/mol. The van der Waals surface area contributed by atoms with Crippen molar-refractivity contribution in [1.82, 2.24) is 4.57 Å². The molecule has 1 nitrogen and oxygen atoms in total. The Morgan fingerprint density at radius 1 is 0.808 bits per heavy atom. The molecule has 1 aromatic heterocycles. The topological polar surface area (TPSA) is 4.93 Å². The molecule has 1 heteroatoms. The van der Waals surface area contributed by atoms with Gasteiger partial charge in [0.1, 0.15) is 0 Å². The summed E-state index contributed by atoms with van der Waals surface area (Å²) in [5.41, 5.74) is 5.32. The quantitative estimate of drug-likeness (QED) is 0.366. The maximum absolute atomic E-state index is 2.59. The smallest absolute Gasteiger partial charge is 0.0674 e. The van der Waals surface area contributed by atoms with Gasteiger partial charge in [-0.25, -0.2) is 0 Å². The first-order valence-corrected chi connectivity index (χ1v) is 9.71. The largest absolute Gasteiger partial charge is 0.330 e. The van der Waals surface area contributed by atoms with Gasteiger partial charge in [-0.3, -0.25) is 0 Å². The van der Waals surface area contributed by atoms with Crippen molar-refractivity contribution >= 4 is 21.8 Å². The molecule has 4 rings (SSSR count). The fourth-order valence-corrected chi connectivity index (χ4v) is 4.34. The van der Waals surface area contributed by atoms with Crippen LogP contribution in [0.3, 0.4) is 0 Å². The van der Waals surface area contributed by atoms with Gasteiger partial charge in [-0.05, 0) is 38.0 Å². The average Bonchev–Trinajstić information content (AvgIpc) is 3.01. The molecule has 0 bridgehead atoms. The first kappa shape index (κ1) is 16.9. The Hall–Kier alpha value is -2.54. The van der Waals surface area contributed by atoms with Crippen molar-refractivity contribution < 1.29 is 0 Å². The average molecular weight is 341 g/mol. The minimum absolute atomic E-state index is 0.0647. The minimum atomic E-state index is -0.0647. The molecule has 3 aromatic carbocycles. The second kappa shape index (κ2) is 6.64. The number of fused-ring (bicyclic) bond motifs is 3. The van der Waals surface area contributed by atoms with Gasteiger partial charge in [-0.2, -0.15) is 0 Å². The molecule has 132 valence electrons. The predicted octanol–water partition coefficient (Wildman–Crippen LogP) is 7.06. The van der Waals surface area contributed by atoms with Gasteiger partial charge >= 0.3 is 0 Å². The van der Waals surface area contributed by atoms with Crippen LogP contribution in [0, 0.1) is 6.92 Å². The Labute approximate surface area is 156 Å². The third-order valence-corrected chi connectivity index (χ3v) is 5.73. The summed E-state index contributed by atoms with van der Waals surface area (Å²) in [6.45, 7) is 6.88. The molecule has 0 aliphatic heterocycles. The Balaban J connectivity index is 2.08. The zero-order valence-electron chi connectivity index (χ0n) is 16.0. The number of hydrogen-bond donors (Lipinski definition) is 0. The minimum Gasteiger partial charge on any atom is -0.330 e. The number of para-hydroxylation sites is 2. The molecular formula is C25H27N. The first-order chi connectivity index (χ1) is 12.6. The zero-order valence-corrected chi connectivity index (χ0v) is 16.0. The van der Waals surface area contributed by atoms with Gasteiger partial charge in [0.25, 0.3) is 0 Å². The van der Waals surface area contributed by atoms with Crippen molar-refractivity contribution in [3.8, 4) is 0 Å². The van der Waals surface area contributed by atoms with Crippen LogP contribution in [0.5, 0.6) is 0 Å². The summed E-state index contributed by atoms with van der Waals surface area (Å²) in [7, 11) is 0. The van der Waals surface area contributed by atoms with Gasteiger partial charge in [0, 0.05) is 21.8 Å². The van der Waals surface area contributed by atoms with Gasteiger partial charge in [0.15, 0.2) is 0 Å². The van der Waals surface area contributed by atoms with Crippen molar-refractivity contribution in [3.63, 3.8) is 0 Å². The molecule has 0 spiro atoms. The van der Waals surface area contributed by atoms with E-state index in [2.05, 4.69) is 98.1 Å². The van der Waals surface area contributed by atoms with E-state index in [1.54, 1.807) is 0 Å². The maximum atomic E-state index is 2.59. The van der Waals surface area contributed by atoms with E-state index in [1.807, 2.05) is 0 Å². The zero-order chi connectivity index (χ0) is 18.1. The number of benzene rings is 3. The van der Waals surface area contributed by atoms with Gasteiger partial charge in [-0.1, -0.05) is 86.0 Å². The van der Waals surface area contributed by atoms with Crippen LogP contribution in [0.15, 0.2) is 72.8 Å². The van der Waals surface area contributed by atoms with E-state index in [-0.39, 0.29) is 5.54 Å². The molecule has 0 saturated carbocycles. The third kappa shape index (κ3) is 2.63. The highest BCUT2D eigenvalue weighted by Crippen LogP contribution is 2.40. The van der Waals surface area contributed by atoms with Crippen LogP contribution in [0.25, 0.3) is 21.8 Å². The van der Waals surface area contributed by atoms with Crippen molar-refractivity contribution in [2.45, 2.75) is 45.6 Å². The molecule has 0 aliphatic rings. The lowest BCUT2D eigenvalue weighted by Crippen LogP contribution is -2.31. The SMILES string of the molecule is CCCCC(C)(c1cccc(C)c1)n1c2ccccc2c2ccccc21. The molecule has 1 atom stereocenters. The molecule has 0 aliphatic carbocycles. The van der Waals surface area contributed by atoms with Crippen LogP contribution in [0.4, 0.5) is 0 Å². The molecule has 26 heavy (non-hydrogen) atoms. The van der Waals surface area contributed by atoms with E-state index in [4.69, 9.17) is 0 Å². The van der Waals surface area contributed by atoms with Crippen molar-refractivity contribution in [2.75, 3.05) is 0 Å². The number of aryl methyl sites for hydroxylation is 1. The summed E-state index contributed by atoms with van der Waals surface area (Å²) in [6, 6.07) is 26.7. The normalized spacial score (nSPS) is 14.0. The van der Waals surface area contributed by atoms with Crippen molar-refractivity contribution in [1.29, 1.82) is 0 Å². The Morgan fingerprint density at radius 2 is 1.42 bits per heavy atom. The van der Waals surface area contributed by atoms with Crippen molar-refractivity contribution in [3.05, 3.63) is 83.9 Å². The number of nitrogens with zero attached hydrogens (tertiary/aromatic N) is 1. The second-order valence-electron chi connectivity index (χ2n) is 7.62. The predicted molar refractivity (Wildman–Crippen MR) is 113 cm³/mol. The molecule has 0 radical (unpaired) electrons. The fraction of sp³-hybridized carbons (Fsp3) is 0.280. The van der Waals surface area contributed by atoms with Gasteiger partial charge in [0.2, 0.25) is 0 Å². The summed E-state index contributed by atoms with van der Waals surface area (Å²) < 4.78 is 2.59. The molecule has 1 unspecified atom stereocenters. The highest BCUT2D eigenvalue weighted by molar-refractivity contribution is 6.08. The Kier molecular flexibility index (Phi) is 4.32. The third-order valence-electron chi connectivity index (χ3n) is 5.73. The molecule has 1 heterocycles. The van der Waals surface area contributed by atoms with Gasteiger partial charge < -0.3 is 4.57 Å². The van der Waals surface area contributed by atoms with E-state index in [0.29, 0.717) is 0 Å². The van der Waals surface area contributed by atoms with Crippen LogP contribution >= 0.6 is 0 Å². The molecule has 0 fully saturated rings. The molecule has 4 aromatic rings. The lowest BCUT2D eigenvalue weighted by molar-refractivity contribution is 0.371. The lowest BCUT2D eigenvalue weighted by atomic mass is 9.85. The monoisotopic (exact) mass is 341 g/mol. The van der Waals surface area contributed by atoms with Crippen LogP contribution in [0.2, 0.25) is 0 Å². The summed E-state index contributed by atoms with van der Waals surface area (Å²) >= 11 is 0. The van der Waals surface area contributed by atoms with E-state index < -0.39 is 0 Å². The maximum Gasteiger partial charge on any atom is 0.0674 e. The number of rotatable bonds is 5. The Morgan fingerprint density at radius 3 is 2.00 bits per heavy atom.